The van der Waals surface area contributed by atoms with Crippen LogP contribution in [-0.4, -0.2) is 18.1 Å². The summed E-state index contributed by atoms with van der Waals surface area (Å²) in [6.07, 6.45) is 1.39. The van der Waals surface area contributed by atoms with Crippen LogP contribution in [-0.2, 0) is 0 Å². The summed E-state index contributed by atoms with van der Waals surface area (Å²) in [6, 6.07) is 20.2. The third kappa shape index (κ3) is 4.97. The highest BCUT2D eigenvalue weighted by Crippen LogP contribution is 2.34. The SMILES string of the molecule is O=C(N/N=C\c1cc(Cl)c(OC(=O)c2ccccc2)c(Cl)c1)c1ccccc1. The monoisotopic (exact) mass is 412 g/mol. The number of carbonyl (C=O) groups is 2. The molecule has 1 N–H and O–H groups in total. The number of esters is 1. The minimum atomic E-state index is -0.569. The van der Waals surface area contributed by atoms with E-state index in [1.807, 2.05) is 6.07 Å². The van der Waals surface area contributed by atoms with Crippen molar-refractivity contribution < 1.29 is 14.3 Å². The molecule has 0 fully saturated rings. The molecule has 0 aliphatic carbocycles. The van der Waals surface area contributed by atoms with Crippen LogP contribution in [0.25, 0.3) is 0 Å². The van der Waals surface area contributed by atoms with E-state index in [1.165, 1.54) is 18.3 Å². The molecule has 0 bridgehead atoms. The molecule has 3 aromatic carbocycles. The molecule has 0 spiro atoms. The first-order chi connectivity index (χ1) is 13.5. The summed E-state index contributed by atoms with van der Waals surface area (Å²) < 4.78 is 5.30. The molecule has 0 aliphatic rings. The molecule has 1 amide bonds. The van der Waals surface area contributed by atoms with E-state index in [1.54, 1.807) is 54.6 Å². The molecule has 3 rings (SSSR count). The van der Waals surface area contributed by atoms with E-state index in [4.69, 9.17) is 27.9 Å². The average molecular weight is 413 g/mol. The van der Waals surface area contributed by atoms with E-state index in [2.05, 4.69) is 10.5 Å². The van der Waals surface area contributed by atoms with Gasteiger partial charge >= 0.3 is 5.97 Å². The molecule has 3 aromatic rings. The van der Waals surface area contributed by atoms with Crippen molar-refractivity contribution in [2.45, 2.75) is 0 Å². The van der Waals surface area contributed by atoms with Crippen LogP contribution in [0.4, 0.5) is 0 Å². The zero-order chi connectivity index (χ0) is 19.9. The summed E-state index contributed by atoms with van der Waals surface area (Å²) in [5, 5.41) is 4.18. The zero-order valence-corrected chi connectivity index (χ0v) is 15.9. The first-order valence-electron chi connectivity index (χ1n) is 8.19. The van der Waals surface area contributed by atoms with Crippen molar-refractivity contribution in [3.05, 3.63) is 99.5 Å². The third-order valence-electron chi connectivity index (χ3n) is 3.64. The molecule has 5 nitrogen and oxygen atoms in total. The van der Waals surface area contributed by atoms with E-state index >= 15 is 0 Å². The summed E-state index contributed by atoms with van der Waals surface area (Å²) in [7, 11) is 0. The Kier molecular flexibility index (Phi) is 6.42. The molecule has 0 radical (unpaired) electrons. The van der Waals surface area contributed by atoms with Crippen molar-refractivity contribution >= 4 is 41.3 Å². The van der Waals surface area contributed by atoms with Crippen molar-refractivity contribution in [1.29, 1.82) is 0 Å². The molecule has 140 valence electrons. The molecule has 0 saturated heterocycles. The molecule has 28 heavy (non-hydrogen) atoms. The second kappa shape index (κ2) is 9.17. The quantitative estimate of drug-likeness (QED) is 0.278. The third-order valence-corrected chi connectivity index (χ3v) is 4.20. The lowest BCUT2D eigenvalue weighted by atomic mass is 10.2. The number of halogens is 2. The van der Waals surface area contributed by atoms with Crippen LogP contribution in [0.5, 0.6) is 5.75 Å². The lowest BCUT2D eigenvalue weighted by molar-refractivity contribution is 0.0734. The number of nitrogens with one attached hydrogen (secondary N) is 1. The van der Waals surface area contributed by atoms with Crippen LogP contribution in [0, 0.1) is 0 Å². The number of hydrazone groups is 1. The Bertz CT molecular complexity index is 999. The fraction of sp³-hybridized carbons (Fsp3) is 0. The smallest absolute Gasteiger partial charge is 0.343 e. The van der Waals surface area contributed by atoms with E-state index in [9.17, 15) is 9.59 Å². The molecule has 0 saturated carbocycles. The zero-order valence-electron chi connectivity index (χ0n) is 14.4. The van der Waals surface area contributed by atoms with Crippen LogP contribution >= 0.6 is 23.2 Å². The van der Waals surface area contributed by atoms with Gasteiger partial charge in [0.2, 0.25) is 0 Å². The van der Waals surface area contributed by atoms with Crippen molar-refractivity contribution in [3.63, 3.8) is 0 Å². The highest BCUT2D eigenvalue weighted by atomic mass is 35.5. The van der Waals surface area contributed by atoms with Crippen molar-refractivity contribution in [1.82, 2.24) is 5.43 Å². The second-order valence-electron chi connectivity index (χ2n) is 5.63. The van der Waals surface area contributed by atoms with E-state index in [-0.39, 0.29) is 21.7 Å². The fourth-order valence-corrected chi connectivity index (χ4v) is 2.88. The first-order valence-corrected chi connectivity index (χ1v) is 8.95. The van der Waals surface area contributed by atoms with Gasteiger partial charge in [-0.2, -0.15) is 5.10 Å². The Morgan fingerprint density at radius 3 is 1.96 bits per heavy atom. The minimum Gasteiger partial charge on any atom is -0.420 e. The highest BCUT2D eigenvalue weighted by molar-refractivity contribution is 6.37. The topological polar surface area (TPSA) is 67.8 Å². The Morgan fingerprint density at radius 1 is 0.857 bits per heavy atom. The normalized spacial score (nSPS) is 10.6. The number of benzene rings is 3. The number of rotatable bonds is 5. The van der Waals surface area contributed by atoms with Gasteiger partial charge in [-0.25, -0.2) is 10.2 Å². The molecular weight excluding hydrogens is 399 g/mol. The summed E-state index contributed by atoms with van der Waals surface area (Å²) in [5.74, 6) is -0.856. The number of nitrogens with zero attached hydrogens (tertiary/aromatic N) is 1. The molecule has 0 atom stereocenters. The lowest BCUT2D eigenvalue weighted by Crippen LogP contribution is -2.17. The van der Waals surface area contributed by atoms with Gasteiger partial charge in [0.25, 0.3) is 5.91 Å². The Balaban J connectivity index is 1.69. The highest BCUT2D eigenvalue weighted by Gasteiger charge is 2.15. The summed E-state index contributed by atoms with van der Waals surface area (Å²) in [4.78, 5) is 24.1. The molecular formula is C21H14Cl2N2O3. The molecule has 0 heterocycles. The van der Waals surface area contributed by atoms with Gasteiger partial charge in [0.1, 0.15) is 0 Å². The lowest BCUT2D eigenvalue weighted by Gasteiger charge is -2.09. The maximum Gasteiger partial charge on any atom is 0.343 e. The maximum absolute atomic E-state index is 12.2. The molecule has 0 unspecified atom stereocenters. The number of hydrogen-bond donors (Lipinski definition) is 1. The number of ether oxygens (including phenoxy) is 1. The standard InChI is InChI=1S/C21H14Cl2N2O3/c22-17-11-14(13-24-25-20(26)15-7-3-1-4-8-15)12-18(23)19(17)28-21(27)16-9-5-2-6-10-16/h1-13H,(H,25,26)/b24-13-. The van der Waals surface area contributed by atoms with Gasteiger partial charge in [-0.05, 0) is 42.0 Å². The Hall–Kier alpha value is -3.15. The van der Waals surface area contributed by atoms with Crippen molar-refractivity contribution in [2.24, 2.45) is 5.10 Å². The van der Waals surface area contributed by atoms with Crippen molar-refractivity contribution in [3.8, 4) is 5.75 Å². The predicted molar refractivity (Wildman–Crippen MR) is 109 cm³/mol. The van der Waals surface area contributed by atoms with Gasteiger partial charge in [0.15, 0.2) is 5.75 Å². The summed E-state index contributed by atoms with van der Waals surface area (Å²) >= 11 is 12.4. The largest absolute Gasteiger partial charge is 0.420 e. The van der Waals surface area contributed by atoms with Gasteiger partial charge in [-0.3, -0.25) is 4.79 Å². The molecule has 0 aromatic heterocycles. The van der Waals surface area contributed by atoms with Crippen LogP contribution in [0.15, 0.2) is 77.9 Å². The minimum absolute atomic E-state index is 0.0580. The van der Waals surface area contributed by atoms with Crippen LogP contribution in [0.1, 0.15) is 26.3 Å². The van der Waals surface area contributed by atoms with Crippen LogP contribution in [0.3, 0.4) is 0 Å². The van der Waals surface area contributed by atoms with Crippen LogP contribution in [0.2, 0.25) is 10.0 Å². The van der Waals surface area contributed by atoms with Gasteiger partial charge in [0.05, 0.1) is 21.8 Å². The number of hydrogen-bond acceptors (Lipinski definition) is 4. The summed E-state index contributed by atoms with van der Waals surface area (Å²) in [5.41, 5.74) is 3.81. The van der Waals surface area contributed by atoms with Crippen LogP contribution < -0.4 is 10.2 Å². The Labute approximate surface area is 171 Å². The second-order valence-corrected chi connectivity index (χ2v) is 6.45. The maximum atomic E-state index is 12.2. The fourth-order valence-electron chi connectivity index (χ4n) is 2.30. The van der Waals surface area contributed by atoms with Gasteiger partial charge < -0.3 is 4.74 Å². The van der Waals surface area contributed by atoms with Gasteiger partial charge in [-0.1, -0.05) is 59.6 Å². The van der Waals surface area contributed by atoms with E-state index in [0.717, 1.165) is 0 Å². The summed E-state index contributed by atoms with van der Waals surface area (Å²) in [6.45, 7) is 0. The number of amides is 1. The molecule has 0 aliphatic heterocycles. The van der Waals surface area contributed by atoms with Gasteiger partial charge in [-0.15, -0.1) is 0 Å². The Morgan fingerprint density at radius 2 is 1.39 bits per heavy atom. The predicted octanol–water partition coefficient (Wildman–Crippen LogP) is 4.98. The number of carbonyl (C=O) groups excluding carboxylic acids is 2. The van der Waals surface area contributed by atoms with E-state index < -0.39 is 5.97 Å². The van der Waals surface area contributed by atoms with Crippen molar-refractivity contribution in [2.75, 3.05) is 0 Å². The average Bonchev–Trinajstić information content (AvgIpc) is 2.72. The van der Waals surface area contributed by atoms with Gasteiger partial charge in [0, 0.05) is 5.56 Å². The molecule has 7 heteroatoms. The van der Waals surface area contributed by atoms with E-state index in [0.29, 0.717) is 16.7 Å². The first kappa shape index (κ1) is 19.6.